The zero-order chi connectivity index (χ0) is 21.1. The summed E-state index contributed by atoms with van der Waals surface area (Å²) in [6.45, 7) is 1.76. The van der Waals surface area contributed by atoms with E-state index in [9.17, 15) is 14.0 Å². The van der Waals surface area contributed by atoms with E-state index in [0.717, 1.165) is 22.0 Å². The number of ether oxygens (including phenoxy) is 1. The Morgan fingerprint density at radius 2 is 1.77 bits per heavy atom. The van der Waals surface area contributed by atoms with Gasteiger partial charge in [0.15, 0.2) is 0 Å². The summed E-state index contributed by atoms with van der Waals surface area (Å²) >= 11 is 0. The number of piperidine rings is 1. The van der Waals surface area contributed by atoms with Crippen LogP contribution in [0.3, 0.4) is 0 Å². The second kappa shape index (κ2) is 8.69. The van der Waals surface area contributed by atoms with Crippen LogP contribution in [0, 0.1) is 11.7 Å². The largest absolute Gasteiger partial charge is 0.469 e. The van der Waals surface area contributed by atoms with Crippen molar-refractivity contribution in [3.63, 3.8) is 0 Å². The predicted octanol–water partition coefficient (Wildman–Crippen LogP) is 3.78. The van der Waals surface area contributed by atoms with Crippen LogP contribution in [-0.4, -0.2) is 41.5 Å². The molecule has 3 aromatic rings. The van der Waals surface area contributed by atoms with Crippen molar-refractivity contribution in [2.24, 2.45) is 5.92 Å². The first-order chi connectivity index (χ1) is 14.5. The smallest absolute Gasteiger partial charge is 0.308 e. The van der Waals surface area contributed by atoms with Crippen molar-refractivity contribution in [2.45, 2.75) is 25.8 Å². The minimum Gasteiger partial charge on any atom is -0.469 e. The molecule has 2 heterocycles. The van der Waals surface area contributed by atoms with Crippen molar-refractivity contribution in [3.8, 4) is 0 Å². The Kier molecular flexibility index (Phi) is 5.84. The van der Waals surface area contributed by atoms with Crippen LogP contribution in [0.2, 0.25) is 0 Å². The third kappa shape index (κ3) is 4.22. The summed E-state index contributed by atoms with van der Waals surface area (Å²) in [4.78, 5) is 26.5. The normalized spacial score (nSPS) is 14.8. The van der Waals surface area contributed by atoms with Gasteiger partial charge in [-0.1, -0.05) is 30.3 Å². The summed E-state index contributed by atoms with van der Waals surface area (Å²) in [7, 11) is 1.40. The van der Waals surface area contributed by atoms with Gasteiger partial charge in [-0.3, -0.25) is 9.59 Å². The monoisotopic (exact) mass is 408 g/mol. The molecule has 156 valence electrons. The minimum atomic E-state index is -0.252. The highest BCUT2D eigenvalue weighted by Gasteiger charge is 2.28. The fourth-order valence-corrected chi connectivity index (χ4v) is 4.19. The van der Waals surface area contributed by atoms with E-state index in [2.05, 4.69) is 4.57 Å². The van der Waals surface area contributed by atoms with Crippen LogP contribution in [-0.2, 0) is 27.3 Å². The van der Waals surface area contributed by atoms with Crippen molar-refractivity contribution in [3.05, 3.63) is 71.7 Å². The molecule has 0 atom stereocenters. The van der Waals surface area contributed by atoms with Crippen LogP contribution in [0.1, 0.15) is 24.0 Å². The van der Waals surface area contributed by atoms with Crippen LogP contribution in [0.25, 0.3) is 10.9 Å². The van der Waals surface area contributed by atoms with Gasteiger partial charge >= 0.3 is 5.97 Å². The molecule has 0 aliphatic carbocycles. The topological polar surface area (TPSA) is 51.5 Å². The standard InChI is InChI=1S/C24H25FN2O3/c1-30-24(29)18-10-12-26(13-11-18)23(28)14-19-16-27(22-5-3-2-4-21(19)22)15-17-6-8-20(25)9-7-17/h2-9,16,18H,10-15H2,1H3. The van der Waals surface area contributed by atoms with Crippen LogP contribution in [0.5, 0.6) is 0 Å². The molecule has 1 amide bonds. The number of halogens is 1. The number of fused-ring (bicyclic) bond motifs is 1. The van der Waals surface area contributed by atoms with Gasteiger partial charge in [0.05, 0.1) is 19.4 Å². The zero-order valence-corrected chi connectivity index (χ0v) is 17.0. The van der Waals surface area contributed by atoms with E-state index in [1.165, 1.54) is 19.2 Å². The third-order valence-corrected chi connectivity index (χ3v) is 5.86. The van der Waals surface area contributed by atoms with Crippen LogP contribution in [0.15, 0.2) is 54.7 Å². The molecule has 0 N–H and O–H groups in total. The number of para-hydroxylation sites is 1. The number of benzene rings is 2. The molecule has 0 spiro atoms. The molecule has 1 aliphatic rings. The van der Waals surface area contributed by atoms with E-state index in [-0.39, 0.29) is 23.6 Å². The Bertz CT molecular complexity index is 1050. The zero-order valence-electron chi connectivity index (χ0n) is 17.0. The lowest BCUT2D eigenvalue weighted by Gasteiger charge is -2.30. The summed E-state index contributed by atoms with van der Waals surface area (Å²) in [5.74, 6) is -0.482. The fourth-order valence-electron chi connectivity index (χ4n) is 4.19. The highest BCUT2D eigenvalue weighted by atomic mass is 19.1. The molecule has 1 aromatic heterocycles. The summed E-state index contributed by atoms with van der Waals surface area (Å²) in [5.41, 5.74) is 3.03. The Hall–Kier alpha value is -3.15. The van der Waals surface area contributed by atoms with Crippen molar-refractivity contribution in [2.75, 3.05) is 20.2 Å². The first kappa shape index (κ1) is 20.1. The highest BCUT2D eigenvalue weighted by Crippen LogP contribution is 2.25. The highest BCUT2D eigenvalue weighted by molar-refractivity contribution is 5.89. The van der Waals surface area contributed by atoms with Gasteiger partial charge in [-0.2, -0.15) is 0 Å². The first-order valence-electron chi connectivity index (χ1n) is 10.2. The Labute approximate surface area is 175 Å². The fraction of sp³-hybridized carbons (Fsp3) is 0.333. The molecule has 6 heteroatoms. The molecule has 4 rings (SSSR count). The molecular weight excluding hydrogens is 383 g/mol. The lowest BCUT2D eigenvalue weighted by molar-refractivity contribution is -0.148. The van der Waals surface area contributed by atoms with Crippen molar-refractivity contribution < 1.29 is 18.7 Å². The van der Waals surface area contributed by atoms with Gasteiger partial charge in [-0.25, -0.2) is 4.39 Å². The molecule has 2 aromatic carbocycles. The Morgan fingerprint density at radius 1 is 1.07 bits per heavy atom. The van der Waals surface area contributed by atoms with Crippen LogP contribution < -0.4 is 0 Å². The average Bonchev–Trinajstić information content (AvgIpc) is 3.12. The van der Waals surface area contributed by atoms with E-state index in [1.54, 1.807) is 12.1 Å². The van der Waals surface area contributed by atoms with Crippen molar-refractivity contribution >= 4 is 22.8 Å². The van der Waals surface area contributed by atoms with Gasteiger partial charge in [0, 0.05) is 36.7 Å². The maximum absolute atomic E-state index is 13.2. The van der Waals surface area contributed by atoms with Gasteiger partial charge in [-0.05, 0) is 42.2 Å². The molecule has 5 nitrogen and oxygen atoms in total. The van der Waals surface area contributed by atoms with E-state index < -0.39 is 0 Å². The summed E-state index contributed by atoms with van der Waals surface area (Å²) in [6.07, 6.45) is 3.63. The Balaban J connectivity index is 1.50. The number of carbonyl (C=O) groups is 2. The predicted molar refractivity (Wildman–Crippen MR) is 112 cm³/mol. The number of esters is 1. The molecule has 0 radical (unpaired) electrons. The van der Waals surface area contributed by atoms with E-state index >= 15 is 0 Å². The van der Waals surface area contributed by atoms with Crippen LogP contribution in [0.4, 0.5) is 4.39 Å². The maximum Gasteiger partial charge on any atom is 0.308 e. The molecule has 0 saturated carbocycles. The SMILES string of the molecule is COC(=O)C1CCN(C(=O)Cc2cn(Cc3ccc(F)cc3)c3ccccc23)CC1. The molecule has 1 saturated heterocycles. The number of hydrogen-bond donors (Lipinski definition) is 0. The lowest BCUT2D eigenvalue weighted by atomic mass is 9.96. The number of methoxy groups -OCH3 is 1. The molecule has 0 bridgehead atoms. The minimum absolute atomic E-state index is 0.0722. The first-order valence-corrected chi connectivity index (χ1v) is 10.2. The molecule has 0 unspecified atom stereocenters. The average molecular weight is 408 g/mol. The third-order valence-electron chi connectivity index (χ3n) is 5.86. The number of nitrogens with zero attached hydrogens (tertiary/aromatic N) is 2. The van der Waals surface area contributed by atoms with Crippen molar-refractivity contribution in [1.82, 2.24) is 9.47 Å². The lowest BCUT2D eigenvalue weighted by Crippen LogP contribution is -2.41. The number of hydrogen-bond acceptors (Lipinski definition) is 3. The van der Waals surface area contributed by atoms with Crippen molar-refractivity contribution in [1.29, 1.82) is 0 Å². The van der Waals surface area contributed by atoms with E-state index in [4.69, 9.17) is 4.74 Å². The van der Waals surface area contributed by atoms with Gasteiger partial charge in [0.25, 0.3) is 0 Å². The van der Waals surface area contributed by atoms with Gasteiger partial charge in [-0.15, -0.1) is 0 Å². The van der Waals surface area contributed by atoms with Crippen LogP contribution >= 0.6 is 0 Å². The van der Waals surface area contributed by atoms with E-state index in [1.807, 2.05) is 35.4 Å². The maximum atomic E-state index is 13.2. The molecule has 30 heavy (non-hydrogen) atoms. The number of carbonyl (C=O) groups excluding carboxylic acids is 2. The number of aromatic nitrogens is 1. The summed E-state index contributed by atoms with van der Waals surface area (Å²) < 4.78 is 20.1. The quantitative estimate of drug-likeness (QED) is 0.604. The summed E-state index contributed by atoms with van der Waals surface area (Å²) in [5, 5.41) is 1.05. The number of likely N-dealkylation sites (tertiary alicyclic amines) is 1. The van der Waals surface area contributed by atoms with E-state index in [0.29, 0.717) is 38.9 Å². The molecular formula is C24H25FN2O3. The molecule has 1 fully saturated rings. The van der Waals surface area contributed by atoms with Gasteiger partial charge < -0.3 is 14.2 Å². The summed E-state index contributed by atoms with van der Waals surface area (Å²) in [6, 6.07) is 14.5. The second-order valence-electron chi connectivity index (χ2n) is 7.78. The van der Waals surface area contributed by atoms with Gasteiger partial charge in [0.2, 0.25) is 5.91 Å². The molecule has 1 aliphatic heterocycles. The Morgan fingerprint density at radius 3 is 2.47 bits per heavy atom. The second-order valence-corrected chi connectivity index (χ2v) is 7.78. The number of amides is 1. The number of rotatable bonds is 5. The van der Waals surface area contributed by atoms with Gasteiger partial charge in [0.1, 0.15) is 5.82 Å².